The van der Waals surface area contributed by atoms with E-state index in [0.29, 0.717) is 0 Å². The summed E-state index contributed by atoms with van der Waals surface area (Å²) in [5.41, 5.74) is 4.83. The van der Waals surface area contributed by atoms with Crippen LogP contribution in [0.5, 0.6) is 0 Å². The van der Waals surface area contributed by atoms with Gasteiger partial charge >= 0.3 is 65.0 Å². The van der Waals surface area contributed by atoms with E-state index >= 15 is 0 Å². The zero-order valence-electron chi connectivity index (χ0n) is 5.08. The molecule has 0 saturated heterocycles. The van der Waals surface area contributed by atoms with Gasteiger partial charge in [0.25, 0.3) is 0 Å². The average Bonchev–Trinajstić information content (AvgIpc) is 0.918. The Labute approximate surface area is 98.7 Å². The molecule has 0 aromatic heterocycles. The molecule has 0 fully saturated rings. The van der Waals surface area contributed by atoms with Crippen LogP contribution in [-0.2, 0) is 0 Å². The van der Waals surface area contributed by atoms with Gasteiger partial charge < -0.3 is 8.59 Å². The van der Waals surface area contributed by atoms with Crippen molar-refractivity contribution in [2.24, 2.45) is 5.73 Å². The van der Waals surface area contributed by atoms with Crippen molar-refractivity contribution in [2.75, 3.05) is 4.55 Å². The number of nitrogens with two attached hydrogens (primary N) is 1. The first-order valence-corrected chi connectivity index (χ1v) is 2.20. The van der Waals surface area contributed by atoms with Gasteiger partial charge in [0.2, 0.25) is 0 Å². The van der Waals surface area contributed by atoms with Crippen LogP contribution in [-0.4, -0.2) is 69.6 Å². The van der Waals surface area contributed by atoms with E-state index in [4.69, 9.17) is 5.73 Å². The van der Waals surface area contributed by atoms with Crippen LogP contribution >= 0.6 is 22.6 Å². The van der Waals surface area contributed by atoms with Crippen LogP contribution in [0, 0.1) is 0 Å². The van der Waals surface area contributed by atoms with E-state index in [-0.39, 0.29) is 67.9 Å². The first kappa shape index (κ1) is 15.7. The Morgan fingerprint density at radius 2 is 1.80 bits per heavy atom. The Hall–Kier alpha value is 2.87. The number of rotatable bonds is 0. The summed E-state index contributed by atoms with van der Waals surface area (Å²) in [6.45, 7) is 0. The second-order valence-corrected chi connectivity index (χ2v) is 1.04. The summed E-state index contributed by atoms with van der Waals surface area (Å²) < 4.78 is 0.720. The predicted octanol–water partition coefficient (Wildman–Crippen LogP) is -0.734. The molecule has 0 saturated carbocycles. The van der Waals surface area contributed by atoms with Crippen molar-refractivity contribution in [1.29, 1.82) is 0 Å². The van der Waals surface area contributed by atoms with Gasteiger partial charge in [-0.2, -0.15) is 0 Å². The van der Waals surface area contributed by atoms with Crippen LogP contribution in [0.25, 0.3) is 0 Å². The van der Waals surface area contributed by atoms with E-state index < -0.39 is 0 Å². The van der Waals surface area contributed by atoms with Crippen molar-refractivity contribution in [3.05, 3.63) is 0 Å². The van der Waals surface area contributed by atoms with Crippen LogP contribution in [0.1, 0.15) is 2.85 Å². The number of hydrogen-bond acceptors (Lipinski definition) is 1. The molecule has 0 aliphatic carbocycles. The van der Waals surface area contributed by atoms with Crippen LogP contribution in [0.4, 0.5) is 0 Å². The Bertz CT molecular complexity index is 17.7. The molecular formula is CH8CaINPb. The Morgan fingerprint density at radius 3 is 1.80 bits per heavy atom. The molecule has 4 heteroatoms. The molecular weight excluding hydrogens is 400 g/mol. The van der Waals surface area contributed by atoms with Gasteiger partial charge in [-0.05, 0) is 0 Å². The van der Waals surface area contributed by atoms with Crippen molar-refractivity contribution in [1.82, 2.24) is 0 Å². The molecule has 0 amide bonds. The van der Waals surface area contributed by atoms with E-state index in [1.807, 2.05) is 0 Å². The third kappa shape index (κ3) is 19.8. The van der Waals surface area contributed by atoms with E-state index in [2.05, 4.69) is 22.6 Å². The quantitative estimate of drug-likeness (QED) is 0.243. The molecule has 0 unspecified atom stereocenters. The molecule has 0 heterocycles. The molecule has 1 nitrogen and oxygen atoms in total. The third-order valence-corrected chi connectivity index (χ3v) is 0. The molecule has 0 aliphatic rings. The molecule has 5 heavy (non-hydrogen) atoms. The van der Waals surface area contributed by atoms with E-state index in [1.54, 1.807) is 0 Å². The molecule has 0 aromatic carbocycles. The Morgan fingerprint density at radius 1 is 1.80 bits per heavy atom. The predicted molar refractivity (Wildman–Crippen MR) is 39.6 cm³/mol. The van der Waals surface area contributed by atoms with Gasteiger partial charge in [-0.15, -0.1) is 0 Å². The fourth-order valence-corrected chi connectivity index (χ4v) is 0. The summed E-state index contributed by atoms with van der Waals surface area (Å²) in [5.74, 6) is 0. The maximum absolute atomic E-state index is 4.83. The molecule has 30 valence electrons. The minimum absolute atomic E-state index is 0. The molecule has 0 spiro atoms. The molecule has 0 bridgehead atoms. The summed E-state index contributed by atoms with van der Waals surface area (Å²) >= 11 is 2.07. The van der Waals surface area contributed by atoms with Crippen molar-refractivity contribution < 1.29 is 2.85 Å². The van der Waals surface area contributed by atoms with Crippen LogP contribution in [0.3, 0.4) is 0 Å². The van der Waals surface area contributed by atoms with Crippen molar-refractivity contribution in [3.63, 3.8) is 0 Å². The zero-order chi connectivity index (χ0) is 2.71. The fraction of sp³-hybridized carbons (Fsp3) is 1.00. The summed E-state index contributed by atoms with van der Waals surface area (Å²) in [4.78, 5) is 0. The van der Waals surface area contributed by atoms with Crippen molar-refractivity contribution in [2.45, 2.75) is 0 Å². The van der Waals surface area contributed by atoms with Crippen LogP contribution in [0.15, 0.2) is 0 Å². The molecule has 0 aromatic rings. The first-order chi connectivity index (χ1) is 1.41. The van der Waals surface area contributed by atoms with Crippen molar-refractivity contribution in [3.8, 4) is 0 Å². The van der Waals surface area contributed by atoms with Crippen LogP contribution < -0.4 is 5.73 Å². The Balaban J connectivity index is -0.00000000333. The van der Waals surface area contributed by atoms with E-state index in [9.17, 15) is 0 Å². The molecule has 0 aliphatic heterocycles. The average molecular weight is 408 g/mol. The summed E-state index contributed by atoms with van der Waals surface area (Å²) in [6.07, 6.45) is 0. The van der Waals surface area contributed by atoms with Gasteiger partial charge in [-0.3, -0.25) is 0 Å². The molecule has 0 atom stereocenters. The van der Waals surface area contributed by atoms with Gasteiger partial charge in [0.15, 0.2) is 0 Å². The second kappa shape index (κ2) is 15.8. The van der Waals surface area contributed by atoms with Crippen molar-refractivity contribution >= 4 is 87.6 Å². The topological polar surface area (TPSA) is 26.0 Å². The summed E-state index contributed by atoms with van der Waals surface area (Å²) in [6, 6.07) is 0. The standard InChI is InChI=1S/CH4IN.Ca.Pb.4H/c2-1-3;;;;;;/h1,3H2;;;;;;/q;+2;;;;2*-1. The number of halogens is 1. The molecule has 2 radical (unpaired) electrons. The molecule has 2 N–H and O–H groups in total. The van der Waals surface area contributed by atoms with Crippen LogP contribution in [0.2, 0.25) is 0 Å². The molecule has 0 rings (SSSR count). The van der Waals surface area contributed by atoms with E-state index in [0.717, 1.165) is 4.55 Å². The third-order valence-electron chi connectivity index (χ3n) is 0. The van der Waals surface area contributed by atoms with Gasteiger partial charge in [0, 0.05) is 4.55 Å². The second-order valence-electron chi connectivity index (χ2n) is 0.154. The fourth-order valence-electron chi connectivity index (χ4n) is 0. The zero-order valence-corrected chi connectivity index (χ0v) is 12.9. The summed E-state index contributed by atoms with van der Waals surface area (Å²) in [5, 5.41) is 0. The number of alkyl halides is 1. The summed E-state index contributed by atoms with van der Waals surface area (Å²) in [7, 11) is 0. The maximum atomic E-state index is 4.83. The van der Waals surface area contributed by atoms with Gasteiger partial charge in [0.05, 0.1) is 0 Å². The number of hydrogen-bond donors (Lipinski definition) is 1. The Kier molecular flexibility index (Phi) is 49.5. The van der Waals surface area contributed by atoms with E-state index in [1.165, 1.54) is 0 Å². The first-order valence-electron chi connectivity index (χ1n) is 0.676. The minimum atomic E-state index is 0. The SMILES string of the molecule is NCI.[Ca+2].[H-].[H-].[PbH2]. The normalized spacial score (nSPS) is 3.60. The van der Waals surface area contributed by atoms with Gasteiger partial charge in [-0.1, -0.05) is 22.6 Å². The van der Waals surface area contributed by atoms with Gasteiger partial charge in [0.1, 0.15) is 0 Å². The monoisotopic (exact) mass is 409 g/mol. The van der Waals surface area contributed by atoms with Gasteiger partial charge in [-0.25, -0.2) is 0 Å².